The Morgan fingerprint density at radius 2 is 1.21 bits per heavy atom. The van der Waals surface area contributed by atoms with Gasteiger partial charge in [0.25, 0.3) is 5.56 Å². The number of nitrogens with zero attached hydrogens (tertiary/aromatic N) is 4. The third-order valence-corrected chi connectivity index (χ3v) is 6.39. The van der Waals surface area contributed by atoms with Crippen molar-refractivity contribution < 1.29 is 0 Å². The fourth-order valence-corrected chi connectivity index (χ4v) is 4.67. The maximum atomic E-state index is 13.0. The van der Waals surface area contributed by atoms with Gasteiger partial charge < -0.3 is 4.90 Å². The molecule has 4 aromatic rings. The van der Waals surface area contributed by atoms with E-state index in [2.05, 4.69) is 69.1 Å². The molecule has 0 amide bonds. The highest BCUT2D eigenvalue weighted by atomic mass is 16.1. The van der Waals surface area contributed by atoms with E-state index in [1.807, 2.05) is 41.1 Å². The Morgan fingerprint density at radius 1 is 0.636 bits per heavy atom. The minimum absolute atomic E-state index is 0.0478. The molecule has 0 N–H and O–H groups in total. The SMILES string of the molecule is O=c1cc(-c2ccccc2)n(-c2ccccc2)n1CCCN1CCN(c2ccccc2)CC1. The molecule has 1 fully saturated rings. The van der Waals surface area contributed by atoms with Crippen molar-refractivity contribution in [3.63, 3.8) is 0 Å². The van der Waals surface area contributed by atoms with Gasteiger partial charge in [-0.3, -0.25) is 14.4 Å². The monoisotopic (exact) mass is 438 g/mol. The molecule has 5 nitrogen and oxygen atoms in total. The molecule has 3 aromatic carbocycles. The normalized spacial score (nSPS) is 14.5. The molecule has 1 aliphatic rings. The standard InChI is InChI=1S/C28H30N4O/c33-28-23-27(24-11-4-1-5-12-24)32(26-15-8-3-9-16-26)31(28)18-10-17-29-19-21-30(22-20-29)25-13-6-2-7-14-25/h1-9,11-16,23H,10,17-22H2. The van der Waals surface area contributed by atoms with Crippen LogP contribution < -0.4 is 10.5 Å². The number of piperazine rings is 1. The second-order valence-corrected chi connectivity index (χ2v) is 8.52. The van der Waals surface area contributed by atoms with Crippen molar-refractivity contribution in [3.8, 4) is 16.9 Å². The van der Waals surface area contributed by atoms with Crippen LogP contribution in [0, 0.1) is 0 Å². The maximum Gasteiger partial charge on any atom is 0.267 e. The number of anilines is 1. The van der Waals surface area contributed by atoms with Gasteiger partial charge in [-0.15, -0.1) is 0 Å². The topological polar surface area (TPSA) is 33.4 Å². The molecule has 0 spiro atoms. The van der Waals surface area contributed by atoms with Crippen LogP contribution in [0.5, 0.6) is 0 Å². The van der Waals surface area contributed by atoms with Crippen LogP contribution in [-0.4, -0.2) is 47.0 Å². The van der Waals surface area contributed by atoms with E-state index >= 15 is 0 Å². The van der Waals surface area contributed by atoms with Crippen LogP contribution in [-0.2, 0) is 6.54 Å². The zero-order chi connectivity index (χ0) is 22.5. The molecule has 1 saturated heterocycles. The van der Waals surface area contributed by atoms with Crippen LogP contribution in [0.1, 0.15) is 6.42 Å². The average Bonchev–Trinajstić information content (AvgIpc) is 3.22. The molecule has 0 aliphatic carbocycles. The zero-order valence-corrected chi connectivity index (χ0v) is 18.9. The molecular formula is C28H30N4O. The molecule has 1 aromatic heterocycles. The highest BCUT2D eigenvalue weighted by molar-refractivity contribution is 5.61. The van der Waals surface area contributed by atoms with Crippen LogP contribution in [0.25, 0.3) is 16.9 Å². The summed E-state index contributed by atoms with van der Waals surface area (Å²) in [4.78, 5) is 18.0. The van der Waals surface area contributed by atoms with Crippen LogP contribution in [0.15, 0.2) is 102 Å². The first-order valence-electron chi connectivity index (χ1n) is 11.8. The number of para-hydroxylation sites is 2. The van der Waals surface area contributed by atoms with E-state index in [-0.39, 0.29) is 5.56 Å². The first-order valence-corrected chi connectivity index (χ1v) is 11.8. The van der Waals surface area contributed by atoms with Crippen molar-refractivity contribution in [2.24, 2.45) is 0 Å². The summed E-state index contributed by atoms with van der Waals surface area (Å²) >= 11 is 0. The molecule has 0 saturated carbocycles. The highest BCUT2D eigenvalue weighted by Gasteiger charge is 2.18. The third-order valence-electron chi connectivity index (χ3n) is 6.39. The Balaban J connectivity index is 1.28. The minimum atomic E-state index is 0.0478. The first kappa shape index (κ1) is 21.3. The molecule has 168 valence electrons. The lowest BCUT2D eigenvalue weighted by molar-refractivity contribution is 0.247. The highest BCUT2D eigenvalue weighted by Crippen LogP contribution is 2.22. The predicted molar refractivity (Wildman–Crippen MR) is 135 cm³/mol. The van der Waals surface area contributed by atoms with Gasteiger partial charge >= 0.3 is 0 Å². The Labute approximate surface area is 195 Å². The summed E-state index contributed by atoms with van der Waals surface area (Å²) in [7, 11) is 0. The number of hydrogen-bond donors (Lipinski definition) is 0. The van der Waals surface area contributed by atoms with Crippen LogP contribution in [0.3, 0.4) is 0 Å². The van der Waals surface area contributed by atoms with E-state index in [0.717, 1.165) is 56.1 Å². The van der Waals surface area contributed by atoms with Crippen molar-refractivity contribution in [3.05, 3.63) is 107 Å². The van der Waals surface area contributed by atoms with E-state index < -0.39 is 0 Å². The van der Waals surface area contributed by atoms with Crippen molar-refractivity contribution in [1.82, 2.24) is 14.3 Å². The van der Waals surface area contributed by atoms with Gasteiger partial charge in [-0.2, -0.15) is 0 Å². The van der Waals surface area contributed by atoms with Crippen LogP contribution >= 0.6 is 0 Å². The molecule has 2 heterocycles. The van der Waals surface area contributed by atoms with E-state index in [1.165, 1.54) is 5.69 Å². The number of rotatable bonds is 7. The number of benzene rings is 3. The molecule has 5 heteroatoms. The smallest absolute Gasteiger partial charge is 0.267 e. The summed E-state index contributed by atoms with van der Waals surface area (Å²) in [5, 5.41) is 0. The molecule has 1 aliphatic heterocycles. The summed E-state index contributed by atoms with van der Waals surface area (Å²) in [5.41, 5.74) is 4.34. The molecular weight excluding hydrogens is 408 g/mol. The second kappa shape index (κ2) is 9.92. The van der Waals surface area contributed by atoms with E-state index in [1.54, 1.807) is 6.07 Å². The van der Waals surface area contributed by atoms with E-state index in [0.29, 0.717) is 6.54 Å². The van der Waals surface area contributed by atoms with Gasteiger partial charge in [0.15, 0.2) is 0 Å². The lowest BCUT2D eigenvalue weighted by atomic mass is 10.1. The second-order valence-electron chi connectivity index (χ2n) is 8.52. The molecule has 0 atom stereocenters. The van der Waals surface area contributed by atoms with Crippen LogP contribution in [0.4, 0.5) is 5.69 Å². The van der Waals surface area contributed by atoms with Gasteiger partial charge in [0.05, 0.1) is 11.4 Å². The minimum Gasteiger partial charge on any atom is -0.369 e. The Bertz CT molecular complexity index is 1210. The molecule has 0 bridgehead atoms. The summed E-state index contributed by atoms with van der Waals surface area (Å²) in [6.45, 7) is 5.89. The van der Waals surface area contributed by atoms with Crippen molar-refractivity contribution >= 4 is 5.69 Å². The van der Waals surface area contributed by atoms with E-state index in [4.69, 9.17) is 0 Å². The van der Waals surface area contributed by atoms with Gasteiger partial charge in [0, 0.05) is 56.6 Å². The van der Waals surface area contributed by atoms with Crippen molar-refractivity contribution in [2.75, 3.05) is 37.6 Å². The van der Waals surface area contributed by atoms with Crippen LogP contribution in [0.2, 0.25) is 0 Å². The fourth-order valence-electron chi connectivity index (χ4n) is 4.67. The first-order chi connectivity index (χ1) is 16.3. The Kier molecular flexibility index (Phi) is 6.40. The molecule has 33 heavy (non-hydrogen) atoms. The van der Waals surface area contributed by atoms with Gasteiger partial charge in [-0.25, -0.2) is 4.68 Å². The summed E-state index contributed by atoms with van der Waals surface area (Å²) < 4.78 is 3.96. The van der Waals surface area contributed by atoms with Gasteiger partial charge in [0.1, 0.15) is 0 Å². The number of aromatic nitrogens is 2. The quantitative estimate of drug-likeness (QED) is 0.425. The van der Waals surface area contributed by atoms with E-state index in [9.17, 15) is 4.79 Å². The van der Waals surface area contributed by atoms with Crippen molar-refractivity contribution in [1.29, 1.82) is 0 Å². The van der Waals surface area contributed by atoms with Gasteiger partial charge in [-0.1, -0.05) is 66.7 Å². The summed E-state index contributed by atoms with van der Waals surface area (Å²) in [6, 6.07) is 32.7. The Hall–Kier alpha value is -3.57. The molecule has 0 unspecified atom stereocenters. The lowest BCUT2D eigenvalue weighted by Gasteiger charge is -2.36. The predicted octanol–water partition coefficient (Wildman–Crippen LogP) is 4.52. The summed E-state index contributed by atoms with van der Waals surface area (Å²) in [5.74, 6) is 0. The Morgan fingerprint density at radius 3 is 1.85 bits per heavy atom. The zero-order valence-electron chi connectivity index (χ0n) is 18.9. The maximum absolute atomic E-state index is 13.0. The molecule has 0 radical (unpaired) electrons. The largest absolute Gasteiger partial charge is 0.369 e. The van der Waals surface area contributed by atoms with Gasteiger partial charge in [-0.05, 0) is 30.7 Å². The third kappa shape index (κ3) is 4.78. The van der Waals surface area contributed by atoms with Gasteiger partial charge in [0.2, 0.25) is 0 Å². The van der Waals surface area contributed by atoms with Crippen molar-refractivity contribution in [2.45, 2.75) is 13.0 Å². The average molecular weight is 439 g/mol. The number of hydrogen-bond acceptors (Lipinski definition) is 3. The fraction of sp³-hybridized carbons (Fsp3) is 0.250. The molecule has 5 rings (SSSR count). The summed E-state index contributed by atoms with van der Waals surface area (Å²) in [6.07, 6.45) is 0.941. The lowest BCUT2D eigenvalue weighted by Crippen LogP contribution is -2.46.